The van der Waals surface area contributed by atoms with Gasteiger partial charge in [0.1, 0.15) is 0 Å². The van der Waals surface area contributed by atoms with Crippen LogP contribution in [0, 0.1) is 0 Å². The van der Waals surface area contributed by atoms with Gasteiger partial charge in [-0.15, -0.1) is 0 Å². The Kier molecular flexibility index (Phi) is 3.25. The highest BCUT2D eigenvalue weighted by Crippen LogP contribution is 2.24. The first-order valence-electron chi connectivity index (χ1n) is 6.63. The van der Waals surface area contributed by atoms with Crippen molar-refractivity contribution in [1.29, 1.82) is 0 Å². The second kappa shape index (κ2) is 5.21. The van der Waals surface area contributed by atoms with E-state index in [0.717, 1.165) is 16.9 Å². The van der Waals surface area contributed by atoms with E-state index >= 15 is 0 Å². The summed E-state index contributed by atoms with van der Waals surface area (Å²) in [6.45, 7) is 0. The number of nitrogens with zero attached hydrogens (tertiary/aromatic N) is 3. The molecular formula is C17H17N3. The zero-order chi connectivity index (χ0) is 13.9. The van der Waals surface area contributed by atoms with Crippen LogP contribution in [0.2, 0.25) is 0 Å². The lowest BCUT2D eigenvalue weighted by Crippen LogP contribution is -2.08. The average Bonchev–Trinajstić information content (AvgIpc) is 2.97. The third kappa shape index (κ3) is 2.30. The summed E-state index contributed by atoms with van der Waals surface area (Å²) in [4.78, 5) is 2.10. The summed E-state index contributed by atoms with van der Waals surface area (Å²) < 4.78 is 1.96. The van der Waals surface area contributed by atoms with E-state index in [2.05, 4.69) is 46.4 Å². The van der Waals surface area contributed by atoms with Gasteiger partial charge in [0.2, 0.25) is 0 Å². The molecule has 3 rings (SSSR count). The summed E-state index contributed by atoms with van der Waals surface area (Å²) in [5.74, 6) is 0. The van der Waals surface area contributed by atoms with E-state index in [4.69, 9.17) is 0 Å². The maximum Gasteiger partial charge on any atom is 0.0740 e. The van der Waals surface area contributed by atoms with E-state index in [1.807, 2.05) is 49.2 Å². The van der Waals surface area contributed by atoms with E-state index < -0.39 is 0 Å². The lowest BCUT2D eigenvalue weighted by atomic mass is 10.1. The second-order valence-electron chi connectivity index (χ2n) is 4.91. The van der Waals surface area contributed by atoms with Crippen LogP contribution in [0.5, 0.6) is 0 Å². The summed E-state index contributed by atoms with van der Waals surface area (Å²) in [6.07, 6.45) is 1.84. The Morgan fingerprint density at radius 2 is 1.55 bits per heavy atom. The fraction of sp³-hybridized carbons (Fsp3) is 0.118. The van der Waals surface area contributed by atoms with Gasteiger partial charge in [-0.1, -0.05) is 30.3 Å². The van der Waals surface area contributed by atoms with Crippen molar-refractivity contribution in [2.45, 2.75) is 0 Å². The van der Waals surface area contributed by atoms with Crippen molar-refractivity contribution in [1.82, 2.24) is 9.78 Å². The standard InChI is InChI=1S/C17H17N3/c1-19(2)15-10-8-14(9-11-15)17-12-13-18-20(17)16-6-4-3-5-7-16/h3-13H,1-2H3. The molecule has 0 amide bonds. The van der Waals surface area contributed by atoms with Crippen LogP contribution in [0.3, 0.4) is 0 Å². The minimum Gasteiger partial charge on any atom is -0.378 e. The Labute approximate surface area is 119 Å². The molecule has 0 aliphatic carbocycles. The van der Waals surface area contributed by atoms with Crippen LogP contribution in [-0.4, -0.2) is 23.9 Å². The number of aromatic nitrogens is 2. The third-order valence-corrected chi connectivity index (χ3v) is 3.32. The number of anilines is 1. The summed E-state index contributed by atoms with van der Waals surface area (Å²) in [5, 5.41) is 4.43. The molecular weight excluding hydrogens is 246 g/mol. The van der Waals surface area contributed by atoms with Gasteiger partial charge < -0.3 is 4.90 Å². The molecule has 100 valence electrons. The molecule has 3 aromatic rings. The first-order chi connectivity index (χ1) is 9.75. The molecule has 0 spiro atoms. The summed E-state index contributed by atoms with van der Waals surface area (Å²) >= 11 is 0. The van der Waals surface area contributed by atoms with Crippen LogP contribution in [-0.2, 0) is 0 Å². The van der Waals surface area contributed by atoms with Gasteiger partial charge in [0.05, 0.1) is 17.6 Å². The molecule has 0 bridgehead atoms. The summed E-state index contributed by atoms with van der Waals surface area (Å²) in [5.41, 5.74) is 4.53. The fourth-order valence-corrected chi connectivity index (χ4v) is 2.23. The SMILES string of the molecule is CN(C)c1ccc(-c2ccnn2-c2ccccc2)cc1. The molecule has 0 aliphatic rings. The van der Waals surface area contributed by atoms with Gasteiger partial charge in [-0.2, -0.15) is 5.10 Å². The van der Waals surface area contributed by atoms with Crippen molar-refractivity contribution in [2.24, 2.45) is 0 Å². The van der Waals surface area contributed by atoms with Crippen molar-refractivity contribution in [2.75, 3.05) is 19.0 Å². The molecule has 0 saturated heterocycles. The van der Waals surface area contributed by atoms with Crippen molar-refractivity contribution in [3.63, 3.8) is 0 Å². The minimum atomic E-state index is 1.07. The Morgan fingerprint density at radius 1 is 0.850 bits per heavy atom. The molecule has 1 heterocycles. The van der Waals surface area contributed by atoms with E-state index in [9.17, 15) is 0 Å². The largest absolute Gasteiger partial charge is 0.378 e. The van der Waals surface area contributed by atoms with Crippen LogP contribution < -0.4 is 4.90 Å². The Bertz CT molecular complexity index is 682. The molecule has 0 aliphatic heterocycles. The van der Waals surface area contributed by atoms with Crippen LogP contribution in [0.4, 0.5) is 5.69 Å². The van der Waals surface area contributed by atoms with E-state index in [0.29, 0.717) is 0 Å². The summed E-state index contributed by atoms with van der Waals surface area (Å²) in [7, 11) is 4.09. The quantitative estimate of drug-likeness (QED) is 0.720. The zero-order valence-corrected chi connectivity index (χ0v) is 11.7. The van der Waals surface area contributed by atoms with Crippen LogP contribution in [0.15, 0.2) is 66.9 Å². The van der Waals surface area contributed by atoms with Crippen LogP contribution in [0.1, 0.15) is 0 Å². The topological polar surface area (TPSA) is 21.1 Å². The van der Waals surface area contributed by atoms with Crippen molar-refractivity contribution >= 4 is 5.69 Å². The lowest BCUT2D eigenvalue weighted by molar-refractivity contribution is 0.888. The lowest BCUT2D eigenvalue weighted by Gasteiger charge is -2.13. The Hall–Kier alpha value is -2.55. The molecule has 3 heteroatoms. The first-order valence-corrected chi connectivity index (χ1v) is 6.63. The summed E-state index contributed by atoms with van der Waals surface area (Å²) in [6, 6.07) is 20.7. The molecule has 0 saturated carbocycles. The number of benzene rings is 2. The average molecular weight is 263 g/mol. The Morgan fingerprint density at radius 3 is 2.20 bits per heavy atom. The Balaban J connectivity index is 2.01. The second-order valence-corrected chi connectivity index (χ2v) is 4.91. The number of hydrogen-bond donors (Lipinski definition) is 0. The van der Waals surface area contributed by atoms with Gasteiger partial charge in [-0.3, -0.25) is 0 Å². The van der Waals surface area contributed by atoms with Gasteiger partial charge in [0, 0.05) is 25.3 Å². The molecule has 20 heavy (non-hydrogen) atoms. The number of rotatable bonds is 3. The number of para-hydroxylation sites is 1. The van der Waals surface area contributed by atoms with Crippen molar-refractivity contribution < 1.29 is 0 Å². The predicted molar refractivity (Wildman–Crippen MR) is 83.3 cm³/mol. The fourth-order valence-electron chi connectivity index (χ4n) is 2.23. The van der Waals surface area contributed by atoms with Gasteiger partial charge >= 0.3 is 0 Å². The minimum absolute atomic E-state index is 1.07. The van der Waals surface area contributed by atoms with Crippen molar-refractivity contribution in [3.8, 4) is 16.9 Å². The molecule has 0 unspecified atom stereocenters. The highest BCUT2D eigenvalue weighted by Gasteiger charge is 2.07. The maximum absolute atomic E-state index is 4.43. The first kappa shape index (κ1) is 12.5. The molecule has 0 fully saturated rings. The van der Waals surface area contributed by atoms with E-state index in [1.54, 1.807) is 0 Å². The molecule has 0 N–H and O–H groups in total. The molecule has 3 nitrogen and oxygen atoms in total. The third-order valence-electron chi connectivity index (χ3n) is 3.32. The zero-order valence-electron chi connectivity index (χ0n) is 11.7. The molecule has 0 radical (unpaired) electrons. The smallest absolute Gasteiger partial charge is 0.0740 e. The monoisotopic (exact) mass is 263 g/mol. The van der Waals surface area contributed by atoms with Gasteiger partial charge in [-0.25, -0.2) is 4.68 Å². The molecule has 0 atom stereocenters. The molecule has 2 aromatic carbocycles. The normalized spacial score (nSPS) is 10.5. The highest BCUT2D eigenvalue weighted by molar-refractivity contribution is 5.65. The molecule has 1 aromatic heterocycles. The van der Waals surface area contributed by atoms with Gasteiger partial charge in [0.15, 0.2) is 0 Å². The van der Waals surface area contributed by atoms with E-state index in [1.165, 1.54) is 5.69 Å². The predicted octanol–water partition coefficient (Wildman–Crippen LogP) is 3.61. The number of hydrogen-bond acceptors (Lipinski definition) is 2. The van der Waals surface area contributed by atoms with Crippen LogP contribution in [0.25, 0.3) is 16.9 Å². The maximum atomic E-state index is 4.43. The van der Waals surface area contributed by atoms with Gasteiger partial charge in [0.25, 0.3) is 0 Å². The van der Waals surface area contributed by atoms with Crippen molar-refractivity contribution in [3.05, 3.63) is 66.9 Å². The van der Waals surface area contributed by atoms with E-state index in [-0.39, 0.29) is 0 Å². The highest BCUT2D eigenvalue weighted by atomic mass is 15.3. The van der Waals surface area contributed by atoms with Gasteiger partial charge in [-0.05, 0) is 30.3 Å². The van der Waals surface area contributed by atoms with Crippen LogP contribution >= 0.6 is 0 Å².